The molecule has 0 unspecified atom stereocenters. The molecule has 7 nitrogen and oxygen atoms in total. The Morgan fingerprint density at radius 1 is 0.976 bits per heavy atom. The summed E-state index contributed by atoms with van der Waals surface area (Å²) in [5.74, 6) is 3.19. The number of amidine groups is 1. The zero-order chi connectivity index (χ0) is 28.2. The van der Waals surface area contributed by atoms with E-state index in [2.05, 4.69) is 6.92 Å². The highest BCUT2D eigenvalue weighted by atomic mass is 32.2. The molecule has 1 saturated heterocycles. The standard InChI is InChI=1S/C33H34N2O5S/c1-3-37-29-17-23(13-15-27(29)38-20-24-14-16-28-30(18-24)40-21-39-28)19-31-32(36)35(26-12-8-7-9-22(26)2)33(41-31)34-25-10-5-4-6-11-25/h4-6,10-11,13-19,22,26H,3,7-9,12,20-21H2,1-2H3/b31-19-,34-33?/t22-,26+/m0/s1. The number of ether oxygens (including phenoxy) is 4. The molecule has 0 N–H and O–H groups in total. The first kappa shape index (κ1) is 27.3. The Labute approximate surface area is 245 Å². The average molecular weight is 571 g/mol. The fourth-order valence-corrected chi connectivity index (χ4v) is 6.54. The van der Waals surface area contributed by atoms with Crippen molar-refractivity contribution in [2.45, 2.75) is 52.2 Å². The van der Waals surface area contributed by atoms with Gasteiger partial charge in [-0.15, -0.1) is 0 Å². The Kier molecular flexibility index (Phi) is 8.19. The van der Waals surface area contributed by atoms with Crippen LogP contribution in [0.2, 0.25) is 0 Å². The fraction of sp³-hybridized carbons (Fsp3) is 0.333. The fourth-order valence-electron chi connectivity index (χ4n) is 5.50. The number of fused-ring (bicyclic) bond motifs is 1. The van der Waals surface area contributed by atoms with Gasteiger partial charge in [-0.1, -0.05) is 50.1 Å². The number of hydrogen-bond acceptors (Lipinski definition) is 7. The topological polar surface area (TPSA) is 69.6 Å². The maximum Gasteiger partial charge on any atom is 0.267 e. The van der Waals surface area contributed by atoms with Gasteiger partial charge in [-0.3, -0.25) is 9.69 Å². The monoisotopic (exact) mass is 570 g/mol. The second kappa shape index (κ2) is 12.3. The first-order valence-corrected chi connectivity index (χ1v) is 15.1. The molecular formula is C33H34N2O5S. The maximum absolute atomic E-state index is 13.9. The van der Waals surface area contributed by atoms with E-state index in [-0.39, 0.29) is 18.7 Å². The first-order valence-electron chi connectivity index (χ1n) is 14.2. The zero-order valence-electron chi connectivity index (χ0n) is 23.4. The summed E-state index contributed by atoms with van der Waals surface area (Å²) in [7, 11) is 0. The molecule has 0 spiro atoms. The van der Waals surface area contributed by atoms with Crippen molar-refractivity contribution >= 4 is 34.6 Å². The van der Waals surface area contributed by atoms with E-state index >= 15 is 0 Å². The lowest BCUT2D eigenvalue weighted by atomic mass is 9.85. The Morgan fingerprint density at radius 2 is 1.80 bits per heavy atom. The normalized spacial score (nSPS) is 22.0. The molecule has 0 bridgehead atoms. The molecule has 2 heterocycles. The summed E-state index contributed by atoms with van der Waals surface area (Å²) in [5.41, 5.74) is 2.69. The van der Waals surface area contributed by atoms with E-state index in [4.69, 9.17) is 23.9 Å². The van der Waals surface area contributed by atoms with Crippen LogP contribution < -0.4 is 18.9 Å². The Bertz CT molecular complexity index is 1470. The summed E-state index contributed by atoms with van der Waals surface area (Å²) in [4.78, 5) is 21.4. The SMILES string of the molecule is CCOc1cc(/C=C2\SC(=Nc3ccccc3)N([C@@H]3CCCC[C@@H]3C)C2=O)ccc1OCc1ccc2c(c1)OCO2. The van der Waals surface area contributed by atoms with Crippen LogP contribution >= 0.6 is 11.8 Å². The van der Waals surface area contributed by atoms with Crippen LogP contribution in [0.5, 0.6) is 23.0 Å². The minimum atomic E-state index is 0.0181. The van der Waals surface area contributed by atoms with E-state index in [9.17, 15) is 4.79 Å². The molecule has 2 fully saturated rings. The summed E-state index contributed by atoms with van der Waals surface area (Å²) >= 11 is 1.45. The predicted molar refractivity (Wildman–Crippen MR) is 162 cm³/mol. The quantitative estimate of drug-likeness (QED) is 0.260. The van der Waals surface area contributed by atoms with Gasteiger partial charge >= 0.3 is 0 Å². The van der Waals surface area contributed by atoms with Gasteiger partial charge in [0.1, 0.15) is 6.61 Å². The van der Waals surface area contributed by atoms with E-state index < -0.39 is 0 Å². The average Bonchev–Trinajstić information content (AvgIpc) is 3.57. The van der Waals surface area contributed by atoms with Crippen molar-refractivity contribution in [3.05, 3.63) is 82.8 Å². The second-order valence-electron chi connectivity index (χ2n) is 10.5. The van der Waals surface area contributed by atoms with Crippen molar-refractivity contribution in [2.75, 3.05) is 13.4 Å². The number of benzene rings is 3. The van der Waals surface area contributed by atoms with Crippen molar-refractivity contribution in [2.24, 2.45) is 10.9 Å². The van der Waals surface area contributed by atoms with Crippen molar-refractivity contribution < 1.29 is 23.7 Å². The van der Waals surface area contributed by atoms with Crippen LogP contribution in [0.4, 0.5) is 5.69 Å². The number of carbonyl (C=O) groups is 1. The zero-order valence-corrected chi connectivity index (χ0v) is 24.2. The largest absolute Gasteiger partial charge is 0.490 e. The minimum absolute atomic E-state index is 0.0181. The molecule has 0 aromatic heterocycles. The molecule has 2 atom stereocenters. The Morgan fingerprint density at radius 3 is 2.63 bits per heavy atom. The van der Waals surface area contributed by atoms with Crippen LogP contribution in [0.3, 0.4) is 0 Å². The molecule has 212 valence electrons. The number of hydrogen-bond donors (Lipinski definition) is 0. The first-order chi connectivity index (χ1) is 20.1. The molecule has 1 saturated carbocycles. The summed E-state index contributed by atoms with van der Waals surface area (Å²) in [6, 6.07) is 21.6. The summed E-state index contributed by atoms with van der Waals surface area (Å²) in [5, 5.41) is 0.750. The molecule has 0 radical (unpaired) electrons. The Balaban J connectivity index is 1.25. The summed E-state index contributed by atoms with van der Waals surface area (Å²) < 4.78 is 23.0. The van der Waals surface area contributed by atoms with Gasteiger partial charge in [0, 0.05) is 6.04 Å². The number of amides is 1. The predicted octanol–water partition coefficient (Wildman–Crippen LogP) is 7.58. The molecule has 1 aliphatic carbocycles. The molecule has 41 heavy (non-hydrogen) atoms. The number of aliphatic imine (C=N–C) groups is 1. The smallest absolute Gasteiger partial charge is 0.267 e. The van der Waals surface area contributed by atoms with E-state index in [1.54, 1.807) is 0 Å². The van der Waals surface area contributed by atoms with Crippen molar-refractivity contribution in [3.63, 3.8) is 0 Å². The van der Waals surface area contributed by atoms with Crippen LogP contribution in [0, 0.1) is 5.92 Å². The highest BCUT2D eigenvalue weighted by molar-refractivity contribution is 8.18. The van der Waals surface area contributed by atoms with Crippen molar-refractivity contribution in [3.8, 4) is 23.0 Å². The molecule has 3 aromatic rings. The van der Waals surface area contributed by atoms with Crippen LogP contribution in [0.25, 0.3) is 6.08 Å². The Hall–Kier alpha value is -3.91. The lowest BCUT2D eigenvalue weighted by molar-refractivity contribution is -0.124. The lowest BCUT2D eigenvalue weighted by Crippen LogP contribution is -2.44. The van der Waals surface area contributed by atoms with E-state index in [1.165, 1.54) is 18.2 Å². The van der Waals surface area contributed by atoms with E-state index in [0.717, 1.165) is 52.7 Å². The third kappa shape index (κ3) is 6.07. The van der Waals surface area contributed by atoms with Gasteiger partial charge in [-0.2, -0.15) is 0 Å². The van der Waals surface area contributed by atoms with Gasteiger partial charge in [-0.25, -0.2) is 4.99 Å². The van der Waals surface area contributed by atoms with Crippen LogP contribution in [-0.4, -0.2) is 35.4 Å². The van der Waals surface area contributed by atoms with Gasteiger partial charge < -0.3 is 18.9 Å². The number of thioether (sulfide) groups is 1. The number of nitrogens with zero attached hydrogens (tertiary/aromatic N) is 2. The number of para-hydroxylation sites is 1. The molecular weight excluding hydrogens is 536 g/mol. The molecule has 3 aliphatic rings. The number of carbonyl (C=O) groups excluding carboxylic acids is 1. The number of rotatable bonds is 8. The lowest BCUT2D eigenvalue weighted by Gasteiger charge is -2.35. The molecule has 1 amide bonds. The van der Waals surface area contributed by atoms with Gasteiger partial charge in [0.25, 0.3) is 5.91 Å². The van der Waals surface area contributed by atoms with Crippen LogP contribution in [-0.2, 0) is 11.4 Å². The van der Waals surface area contributed by atoms with Crippen LogP contribution in [0.1, 0.15) is 50.7 Å². The van der Waals surface area contributed by atoms with Crippen molar-refractivity contribution in [1.82, 2.24) is 4.90 Å². The van der Waals surface area contributed by atoms with Gasteiger partial charge in [0.05, 0.1) is 17.2 Å². The van der Waals surface area contributed by atoms with Gasteiger partial charge in [0.2, 0.25) is 6.79 Å². The molecule has 8 heteroatoms. The van der Waals surface area contributed by atoms with E-state index in [0.29, 0.717) is 35.5 Å². The van der Waals surface area contributed by atoms with Crippen LogP contribution in [0.15, 0.2) is 76.6 Å². The minimum Gasteiger partial charge on any atom is -0.490 e. The molecule has 3 aromatic carbocycles. The maximum atomic E-state index is 13.9. The second-order valence-corrected chi connectivity index (χ2v) is 11.5. The summed E-state index contributed by atoms with van der Waals surface area (Å²) in [6.07, 6.45) is 6.41. The summed E-state index contributed by atoms with van der Waals surface area (Å²) in [6.45, 7) is 5.29. The van der Waals surface area contributed by atoms with Gasteiger partial charge in [0.15, 0.2) is 28.2 Å². The third-order valence-electron chi connectivity index (χ3n) is 7.61. The molecule has 2 aliphatic heterocycles. The van der Waals surface area contributed by atoms with Crippen molar-refractivity contribution in [1.29, 1.82) is 0 Å². The molecule has 6 rings (SSSR count). The third-order valence-corrected chi connectivity index (χ3v) is 8.60. The highest BCUT2D eigenvalue weighted by Crippen LogP contribution is 2.41. The van der Waals surface area contributed by atoms with Gasteiger partial charge in [-0.05, 0) is 91.0 Å². The highest BCUT2D eigenvalue weighted by Gasteiger charge is 2.41. The van der Waals surface area contributed by atoms with E-state index in [1.807, 2.05) is 84.6 Å².